The van der Waals surface area contributed by atoms with E-state index in [0.29, 0.717) is 6.42 Å². The Morgan fingerprint density at radius 2 is 2.00 bits per heavy atom. The molecule has 1 aromatic carbocycles. The second kappa shape index (κ2) is 6.51. The van der Waals surface area contributed by atoms with E-state index in [4.69, 9.17) is 4.74 Å². The van der Waals surface area contributed by atoms with Crippen molar-refractivity contribution in [3.05, 3.63) is 29.8 Å². The molecule has 126 valence electrons. The first-order chi connectivity index (χ1) is 11.0. The van der Waals surface area contributed by atoms with Gasteiger partial charge in [0.15, 0.2) is 9.84 Å². The van der Waals surface area contributed by atoms with Gasteiger partial charge in [-0.1, -0.05) is 12.1 Å². The van der Waals surface area contributed by atoms with Gasteiger partial charge >= 0.3 is 0 Å². The Labute approximate surface area is 137 Å². The van der Waals surface area contributed by atoms with E-state index in [2.05, 4.69) is 0 Å². The van der Waals surface area contributed by atoms with Crippen molar-refractivity contribution < 1.29 is 17.9 Å². The molecule has 5 nitrogen and oxygen atoms in total. The SMILES string of the molecule is COc1ccc(C[C@H]2CCCN2C(=O)[C@@H]2CCS(=O)(=O)C2)cc1. The Morgan fingerprint density at radius 3 is 2.61 bits per heavy atom. The van der Waals surface area contributed by atoms with Gasteiger partial charge < -0.3 is 9.64 Å². The lowest BCUT2D eigenvalue weighted by Gasteiger charge is -2.27. The fourth-order valence-corrected chi connectivity index (χ4v) is 5.33. The van der Waals surface area contributed by atoms with Crippen LogP contribution in [-0.2, 0) is 21.1 Å². The number of rotatable bonds is 4. The quantitative estimate of drug-likeness (QED) is 0.838. The zero-order valence-corrected chi connectivity index (χ0v) is 14.2. The fourth-order valence-electron chi connectivity index (χ4n) is 3.60. The van der Waals surface area contributed by atoms with Crippen molar-refractivity contribution in [2.45, 2.75) is 31.7 Å². The zero-order valence-electron chi connectivity index (χ0n) is 13.4. The second-order valence-electron chi connectivity index (χ2n) is 6.48. The Bertz CT molecular complexity index is 668. The standard InChI is InChI=1S/C17H23NO4S/c1-22-16-6-4-13(5-7-16)11-15-3-2-9-18(15)17(19)14-8-10-23(20,21)12-14/h4-7,14-15H,2-3,8-12H2,1H3/t14-,15-/m1/s1. The van der Waals surface area contributed by atoms with E-state index in [9.17, 15) is 13.2 Å². The number of hydrogen-bond acceptors (Lipinski definition) is 4. The molecule has 0 unspecified atom stereocenters. The van der Waals surface area contributed by atoms with E-state index >= 15 is 0 Å². The molecule has 2 aliphatic heterocycles. The molecule has 23 heavy (non-hydrogen) atoms. The molecule has 0 spiro atoms. The number of hydrogen-bond donors (Lipinski definition) is 0. The number of benzene rings is 1. The summed E-state index contributed by atoms with van der Waals surface area (Å²) in [7, 11) is -1.37. The molecule has 2 saturated heterocycles. The Morgan fingerprint density at radius 1 is 1.26 bits per heavy atom. The summed E-state index contributed by atoms with van der Waals surface area (Å²) in [5.41, 5.74) is 1.18. The average Bonchev–Trinajstić information content (AvgIpc) is 3.13. The van der Waals surface area contributed by atoms with Crippen molar-refractivity contribution in [2.24, 2.45) is 5.92 Å². The third-order valence-electron chi connectivity index (χ3n) is 4.87. The summed E-state index contributed by atoms with van der Waals surface area (Å²) in [5, 5.41) is 0. The maximum Gasteiger partial charge on any atom is 0.226 e. The van der Waals surface area contributed by atoms with Crippen LogP contribution in [0.15, 0.2) is 24.3 Å². The first-order valence-electron chi connectivity index (χ1n) is 8.12. The van der Waals surface area contributed by atoms with Crippen LogP contribution in [0.3, 0.4) is 0 Å². The van der Waals surface area contributed by atoms with Gasteiger partial charge in [-0.25, -0.2) is 8.42 Å². The van der Waals surface area contributed by atoms with Crippen LogP contribution in [0.1, 0.15) is 24.8 Å². The summed E-state index contributed by atoms with van der Waals surface area (Å²) in [4.78, 5) is 14.6. The van der Waals surface area contributed by atoms with Crippen LogP contribution < -0.4 is 4.74 Å². The molecular formula is C17H23NO4S. The first kappa shape index (κ1) is 16.3. The summed E-state index contributed by atoms with van der Waals surface area (Å²) >= 11 is 0. The van der Waals surface area contributed by atoms with E-state index in [1.807, 2.05) is 29.2 Å². The highest BCUT2D eigenvalue weighted by Gasteiger charge is 2.38. The molecule has 0 radical (unpaired) electrons. The van der Waals surface area contributed by atoms with Gasteiger partial charge in [0.2, 0.25) is 5.91 Å². The molecule has 2 aliphatic rings. The van der Waals surface area contributed by atoms with Crippen LogP contribution in [-0.4, -0.2) is 50.4 Å². The third-order valence-corrected chi connectivity index (χ3v) is 6.64. The summed E-state index contributed by atoms with van der Waals surface area (Å²) in [6.07, 6.45) is 3.27. The number of nitrogens with zero attached hydrogens (tertiary/aromatic N) is 1. The van der Waals surface area contributed by atoms with E-state index < -0.39 is 9.84 Å². The van der Waals surface area contributed by atoms with E-state index in [1.165, 1.54) is 5.56 Å². The van der Waals surface area contributed by atoms with Crippen molar-refractivity contribution in [3.63, 3.8) is 0 Å². The van der Waals surface area contributed by atoms with E-state index in [1.54, 1.807) is 7.11 Å². The van der Waals surface area contributed by atoms with Crippen molar-refractivity contribution in [3.8, 4) is 5.75 Å². The molecular weight excluding hydrogens is 314 g/mol. The molecule has 0 bridgehead atoms. The van der Waals surface area contributed by atoms with Gasteiger partial charge in [0.1, 0.15) is 5.75 Å². The molecule has 1 amide bonds. The fraction of sp³-hybridized carbons (Fsp3) is 0.588. The minimum absolute atomic E-state index is 0.0254. The summed E-state index contributed by atoms with van der Waals surface area (Å²) in [6, 6.07) is 8.10. The molecule has 0 N–H and O–H groups in total. The lowest BCUT2D eigenvalue weighted by Crippen LogP contribution is -2.41. The van der Waals surface area contributed by atoms with Crippen LogP contribution in [0.25, 0.3) is 0 Å². The maximum atomic E-state index is 12.7. The highest BCUT2D eigenvalue weighted by molar-refractivity contribution is 7.91. The monoisotopic (exact) mass is 337 g/mol. The highest BCUT2D eigenvalue weighted by Crippen LogP contribution is 2.27. The van der Waals surface area contributed by atoms with Crippen LogP contribution in [0.2, 0.25) is 0 Å². The highest BCUT2D eigenvalue weighted by atomic mass is 32.2. The van der Waals surface area contributed by atoms with Crippen molar-refractivity contribution in [2.75, 3.05) is 25.2 Å². The first-order valence-corrected chi connectivity index (χ1v) is 9.94. The number of likely N-dealkylation sites (tertiary alicyclic amines) is 1. The largest absolute Gasteiger partial charge is 0.497 e. The Hall–Kier alpha value is -1.56. The van der Waals surface area contributed by atoms with E-state index in [-0.39, 0.29) is 29.4 Å². The van der Waals surface area contributed by atoms with Gasteiger partial charge in [-0.3, -0.25) is 4.79 Å². The number of sulfone groups is 1. The number of ether oxygens (including phenoxy) is 1. The number of carbonyl (C=O) groups excluding carboxylic acids is 1. The van der Waals surface area contributed by atoms with Gasteiger partial charge in [0, 0.05) is 12.6 Å². The number of amides is 1. The molecule has 1 aromatic rings. The molecule has 3 rings (SSSR count). The molecule has 2 atom stereocenters. The molecule has 2 heterocycles. The number of carbonyl (C=O) groups is 1. The molecule has 6 heteroatoms. The Balaban J connectivity index is 1.66. The third kappa shape index (κ3) is 3.68. The zero-order chi connectivity index (χ0) is 16.4. The summed E-state index contributed by atoms with van der Waals surface area (Å²) < 4.78 is 28.4. The van der Waals surface area contributed by atoms with Crippen molar-refractivity contribution in [1.82, 2.24) is 4.90 Å². The van der Waals surface area contributed by atoms with Gasteiger partial charge in [-0.05, 0) is 43.4 Å². The topological polar surface area (TPSA) is 63.7 Å². The van der Waals surface area contributed by atoms with Gasteiger partial charge in [-0.15, -0.1) is 0 Å². The summed E-state index contributed by atoms with van der Waals surface area (Å²) in [6.45, 7) is 0.746. The Kier molecular flexibility index (Phi) is 4.62. The molecule has 0 aliphatic carbocycles. The molecule has 0 aromatic heterocycles. The maximum absolute atomic E-state index is 12.7. The minimum atomic E-state index is -3.02. The van der Waals surface area contributed by atoms with Gasteiger partial charge in [0.05, 0.1) is 24.5 Å². The predicted molar refractivity (Wildman–Crippen MR) is 88.2 cm³/mol. The average molecular weight is 337 g/mol. The smallest absolute Gasteiger partial charge is 0.226 e. The van der Waals surface area contributed by atoms with Gasteiger partial charge in [0.25, 0.3) is 0 Å². The molecule has 0 saturated carbocycles. The van der Waals surface area contributed by atoms with Crippen LogP contribution in [0.4, 0.5) is 0 Å². The van der Waals surface area contributed by atoms with Crippen LogP contribution in [0, 0.1) is 5.92 Å². The lowest BCUT2D eigenvalue weighted by molar-refractivity contribution is -0.135. The normalized spacial score (nSPS) is 26.4. The second-order valence-corrected chi connectivity index (χ2v) is 8.71. The van der Waals surface area contributed by atoms with Crippen molar-refractivity contribution in [1.29, 1.82) is 0 Å². The predicted octanol–water partition coefficient (Wildman–Crippen LogP) is 1.66. The summed E-state index contributed by atoms with van der Waals surface area (Å²) in [5.74, 6) is 0.695. The van der Waals surface area contributed by atoms with Crippen LogP contribution >= 0.6 is 0 Å². The molecule has 2 fully saturated rings. The van der Waals surface area contributed by atoms with Gasteiger partial charge in [-0.2, -0.15) is 0 Å². The minimum Gasteiger partial charge on any atom is -0.497 e. The van der Waals surface area contributed by atoms with Crippen LogP contribution in [0.5, 0.6) is 5.75 Å². The number of methoxy groups -OCH3 is 1. The van der Waals surface area contributed by atoms with Crippen molar-refractivity contribution >= 4 is 15.7 Å². The lowest BCUT2D eigenvalue weighted by atomic mass is 10.0. The van der Waals surface area contributed by atoms with E-state index in [0.717, 1.165) is 31.6 Å².